The van der Waals surface area contributed by atoms with Crippen LogP contribution in [-0.2, 0) is 0 Å². The minimum Gasteiger partial charge on any atom is -0.455 e. The van der Waals surface area contributed by atoms with Crippen LogP contribution in [0, 0.1) is 6.92 Å². The molecule has 0 fully saturated rings. The fourth-order valence-corrected chi connectivity index (χ4v) is 2.04. The zero-order chi connectivity index (χ0) is 15.4. The zero-order valence-corrected chi connectivity index (χ0v) is 12.0. The van der Waals surface area contributed by atoms with Gasteiger partial charge in [0.25, 0.3) is 5.56 Å². The summed E-state index contributed by atoms with van der Waals surface area (Å²) in [6.45, 7) is 1.81. The van der Waals surface area contributed by atoms with Crippen molar-refractivity contribution >= 4 is 11.6 Å². The fourth-order valence-electron chi connectivity index (χ4n) is 2.04. The third-order valence-corrected chi connectivity index (χ3v) is 2.99. The summed E-state index contributed by atoms with van der Waals surface area (Å²) in [6, 6.07) is 18.4. The van der Waals surface area contributed by atoms with Gasteiger partial charge in [0.05, 0.1) is 5.69 Å². The molecule has 2 N–H and O–H groups in total. The summed E-state index contributed by atoms with van der Waals surface area (Å²) < 4.78 is 5.86. The van der Waals surface area contributed by atoms with Gasteiger partial charge >= 0.3 is 0 Å². The van der Waals surface area contributed by atoms with E-state index in [1.54, 1.807) is 6.92 Å². The molecule has 0 saturated carbocycles. The van der Waals surface area contributed by atoms with Crippen molar-refractivity contribution in [3.8, 4) is 11.5 Å². The lowest BCUT2D eigenvalue weighted by atomic mass is 10.3. The minimum atomic E-state index is -0.291. The number of benzene rings is 2. The number of aryl methyl sites for hydroxylation is 1. The number of anilines is 2. The highest BCUT2D eigenvalue weighted by atomic mass is 16.5. The first-order chi connectivity index (χ1) is 10.7. The first kappa shape index (κ1) is 13.9. The molecule has 0 unspecified atom stereocenters. The smallest absolute Gasteiger partial charge is 0.274 e. The Morgan fingerprint density at radius 1 is 1.05 bits per heavy atom. The van der Waals surface area contributed by atoms with Crippen LogP contribution in [0.2, 0.25) is 0 Å². The van der Waals surface area contributed by atoms with Gasteiger partial charge in [-0.15, -0.1) is 0 Å². The Morgan fingerprint density at radius 3 is 2.55 bits per heavy atom. The van der Waals surface area contributed by atoms with E-state index < -0.39 is 0 Å². The van der Waals surface area contributed by atoms with Gasteiger partial charge in [0.1, 0.15) is 5.75 Å². The first-order valence-corrected chi connectivity index (χ1v) is 6.87. The van der Waals surface area contributed by atoms with E-state index in [2.05, 4.69) is 15.3 Å². The molecule has 2 aromatic carbocycles. The molecule has 1 heterocycles. The van der Waals surface area contributed by atoms with Crippen molar-refractivity contribution in [2.24, 2.45) is 0 Å². The molecule has 0 amide bonds. The van der Waals surface area contributed by atoms with Crippen LogP contribution >= 0.6 is 0 Å². The van der Waals surface area contributed by atoms with Crippen molar-refractivity contribution in [3.05, 3.63) is 76.7 Å². The van der Waals surface area contributed by atoms with Gasteiger partial charge in [0.15, 0.2) is 5.75 Å². The van der Waals surface area contributed by atoms with E-state index in [-0.39, 0.29) is 5.56 Å². The maximum absolute atomic E-state index is 11.5. The normalized spacial score (nSPS) is 10.2. The number of ether oxygens (including phenoxy) is 1. The monoisotopic (exact) mass is 293 g/mol. The van der Waals surface area contributed by atoms with Crippen molar-refractivity contribution in [1.82, 2.24) is 9.97 Å². The van der Waals surface area contributed by atoms with Crippen LogP contribution in [0.15, 0.2) is 65.5 Å². The number of para-hydroxylation sites is 3. The maximum atomic E-state index is 11.5. The Kier molecular flexibility index (Phi) is 3.87. The molecule has 1 aromatic heterocycles. The molecule has 110 valence electrons. The van der Waals surface area contributed by atoms with Gasteiger partial charge < -0.3 is 15.0 Å². The van der Waals surface area contributed by atoms with E-state index in [0.717, 1.165) is 17.1 Å². The Bertz CT molecular complexity index is 829. The number of rotatable bonds is 4. The quantitative estimate of drug-likeness (QED) is 0.771. The number of aromatic amines is 1. The topological polar surface area (TPSA) is 67.0 Å². The van der Waals surface area contributed by atoms with E-state index in [9.17, 15) is 4.79 Å². The predicted molar refractivity (Wildman–Crippen MR) is 85.8 cm³/mol. The first-order valence-electron chi connectivity index (χ1n) is 6.87. The van der Waals surface area contributed by atoms with Gasteiger partial charge in [0.2, 0.25) is 5.95 Å². The lowest BCUT2D eigenvalue weighted by Gasteiger charge is -2.12. The molecule has 22 heavy (non-hydrogen) atoms. The number of aromatic nitrogens is 2. The molecule has 5 nitrogen and oxygen atoms in total. The molecule has 0 atom stereocenters. The van der Waals surface area contributed by atoms with Crippen LogP contribution in [0.1, 0.15) is 5.69 Å². The molecule has 0 aliphatic rings. The van der Waals surface area contributed by atoms with Gasteiger partial charge in [-0.25, -0.2) is 0 Å². The molecule has 0 saturated heterocycles. The molecule has 0 aliphatic heterocycles. The van der Waals surface area contributed by atoms with Crippen molar-refractivity contribution in [2.45, 2.75) is 6.92 Å². The average Bonchev–Trinajstić information content (AvgIpc) is 2.49. The molecular weight excluding hydrogens is 278 g/mol. The number of H-pyrrole nitrogens is 1. The molecule has 0 bridgehead atoms. The highest BCUT2D eigenvalue weighted by molar-refractivity contribution is 5.63. The van der Waals surface area contributed by atoms with Crippen LogP contribution in [-0.4, -0.2) is 9.97 Å². The summed E-state index contributed by atoms with van der Waals surface area (Å²) in [6.07, 6.45) is 0. The summed E-state index contributed by atoms with van der Waals surface area (Å²) in [7, 11) is 0. The number of nitrogens with one attached hydrogen (secondary N) is 2. The van der Waals surface area contributed by atoms with E-state index in [0.29, 0.717) is 11.7 Å². The highest BCUT2D eigenvalue weighted by Crippen LogP contribution is 2.30. The van der Waals surface area contributed by atoms with Crippen molar-refractivity contribution in [2.75, 3.05) is 5.32 Å². The zero-order valence-electron chi connectivity index (χ0n) is 12.0. The summed E-state index contributed by atoms with van der Waals surface area (Å²) in [5.74, 6) is 1.77. The van der Waals surface area contributed by atoms with E-state index in [1.165, 1.54) is 6.07 Å². The van der Waals surface area contributed by atoms with Gasteiger partial charge in [-0.05, 0) is 31.2 Å². The van der Waals surface area contributed by atoms with Crippen molar-refractivity contribution < 1.29 is 4.74 Å². The predicted octanol–water partition coefficient (Wildman–Crippen LogP) is 3.61. The van der Waals surface area contributed by atoms with Crippen molar-refractivity contribution in [1.29, 1.82) is 0 Å². The number of hydrogen-bond donors (Lipinski definition) is 2. The molecular formula is C17H15N3O2. The fraction of sp³-hybridized carbons (Fsp3) is 0.0588. The summed E-state index contributed by atoms with van der Waals surface area (Å²) >= 11 is 0. The largest absolute Gasteiger partial charge is 0.455 e. The van der Waals surface area contributed by atoms with Gasteiger partial charge in [0, 0.05) is 11.8 Å². The third-order valence-electron chi connectivity index (χ3n) is 2.99. The molecule has 0 aliphatic carbocycles. The molecule has 3 aromatic rings. The molecule has 5 heteroatoms. The molecule has 3 rings (SSSR count). The molecule has 0 spiro atoms. The van der Waals surface area contributed by atoms with Crippen LogP contribution < -0.4 is 15.6 Å². The number of nitrogens with zero attached hydrogens (tertiary/aromatic N) is 1. The van der Waals surface area contributed by atoms with Crippen molar-refractivity contribution in [3.63, 3.8) is 0 Å². The Labute approximate surface area is 127 Å². The summed E-state index contributed by atoms with van der Waals surface area (Å²) in [5.41, 5.74) is 1.17. The Balaban J connectivity index is 1.89. The summed E-state index contributed by atoms with van der Waals surface area (Å²) in [4.78, 5) is 18.4. The maximum Gasteiger partial charge on any atom is 0.274 e. The van der Waals surface area contributed by atoms with Crippen LogP contribution in [0.3, 0.4) is 0 Å². The van der Waals surface area contributed by atoms with Gasteiger partial charge in [-0.2, -0.15) is 4.98 Å². The highest BCUT2D eigenvalue weighted by Gasteiger charge is 2.06. The second-order valence-corrected chi connectivity index (χ2v) is 4.79. The molecule has 0 radical (unpaired) electrons. The standard InChI is InChI=1S/C17H15N3O2/c1-12-11-16(21)20-17(18-12)19-14-9-5-6-10-15(14)22-13-7-3-2-4-8-13/h2-11H,1H3,(H2,18,19,20,21). The third kappa shape index (κ3) is 3.32. The van der Waals surface area contributed by atoms with Crippen LogP contribution in [0.4, 0.5) is 11.6 Å². The second kappa shape index (κ2) is 6.13. The van der Waals surface area contributed by atoms with E-state index >= 15 is 0 Å². The Hall–Kier alpha value is -3.08. The Morgan fingerprint density at radius 2 is 1.77 bits per heavy atom. The lowest BCUT2D eigenvalue weighted by Crippen LogP contribution is -2.10. The van der Waals surface area contributed by atoms with Crippen LogP contribution in [0.25, 0.3) is 0 Å². The average molecular weight is 293 g/mol. The van der Waals surface area contributed by atoms with Gasteiger partial charge in [-0.1, -0.05) is 30.3 Å². The second-order valence-electron chi connectivity index (χ2n) is 4.79. The lowest BCUT2D eigenvalue weighted by molar-refractivity contribution is 0.485. The van der Waals surface area contributed by atoms with E-state index in [1.807, 2.05) is 54.6 Å². The summed E-state index contributed by atoms with van der Waals surface area (Å²) in [5, 5.41) is 3.08. The SMILES string of the molecule is Cc1cc(=O)nc(Nc2ccccc2Oc2ccccc2)[nH]1. The number of hydrogen-bond acceptors (Lipinski definition) is 4. The van der Waals surface area contributed by atoms with Crippen LogP contribution in [0.5, 0.6) is 11.5 Å². The van der Waals surface area contributed by atoms with Gasteiger partial charge in [-0.3, -0.25) is 4.79 Å². The minimum absolute atomic E-state index is 0.291. The van der Waals surface area contributed by atoms with E-state index in [4.69, 9.17) is 4.74 Å².